The van der Waals surface area contributed by atoms with Crippen molar-refractivity contribution in [1.82, 2.24) is 9.88 Å². The Kier molecular flexibility index (Phi) is 4.27. The van der Waals surface area contributed by atoms with E-state index in [2.05, 4.69) is 4.98 Å². The van der Waals surface area contributed by atoms with Crippen LogP contribution < -0.4 is 0 Å². The summed E-state index contributed by atoms with van der Waals surface area (Å²) in [5.74, 6) is -0.764. The highest BCUT2D eigenvalue weighted by atomic mass is 16.5. The van der Waals surface area contributed by atoms with Gasteiger partial charge in [0.15, 0.2) is 6.04 Å². The van der Waals surface area contributed by atoms with E-state index in [1.165, 1.54) is 12.0 Å². The molecule has 21 heavy (non-hydrogen) atoms. The highest BCUT2D eigenvalue weighted by Gasteiger charge is 2.50. The number of carbonyl (C=O) groups is 2. The summed E-state index contributed by atoms with van der Waals surface area (Å²) < 4.78 is 10.6. The largest absolute Gasteiger partial charge is 0.467 e. The Morgan fingerprint density at radius 1 is 1.33 bits per heavy atom. The first-order chi connectivity index (χ1) is 9.83. The molecule has 6 nitrogen and oxygen atoms in total. The Morgan fingerprint density at radius 3 is 2.57 bits per heavy atom. The van der Waals surface area contributed by atoms with Gasteiger partial charge in [-0.25, -0.2) is 4.79 Å². The van der Waals surface area contributed by atoms with Crippen LogP contribution in [0.15, 0.2) is 24.4 Å². The van der Waals surface area contributed by atoms with Gasteiger partial charge in [0.2, 0.25) is 0 Å². The van der Waals surface area contributed by atoms with Crippen molar-refractivity contribution in [3.63, 3.8) is 0 Å². The third-order valence-corrected chi connectivity index (χ3v) is 3.16. The summed E-state index contributed by atoms with van der Waals surface area (Å²) in [6, 6.07) is 4.37. The zero-order valence-corrected chi connectivity index (χ0v) is 12.7. The van der Waals surface area contributed by atoms with Crippen LogP contribution in [0.2, 0.25) is 0 Å². The number of aromatic nitrogens is 1. The number of methoxy groups -OCH3 is 1. The third kappa shape index (κ3) is 3.39. The van der Waals surface area contributed by atoms with E-state index in [9.17, 15) is 9.59 Å². The molecule has 1 aliphatic rings. The second-order valence-corrected chi connectivity index (χ2v) is 5.91. The van der Waals surface area contributed by atoms with Gasteiger partial charge in [-0.1, -0.05) is 6.07 Å². The smallest absolute Gasteiger partial charge is 0.331 e. The van der Waals surface area contributed by atoms with E-state index in [0.717, 1.165) is 0 Å². The summed E-state index contributed by atoms with van der Waals surface area (Å²) >= 11 is 0. The monoisotopic (exact) mass is 292 g/mol. The summed E-state index contributed by atoms with van der Waals surface area (Å²) in [5, 5.41) is 0. The molecule has 1 fully saturated rings. The molecule has 2 heterocycles. The predicted molar refractivity (Wildman–Crippen MR) is 75.7 cm³/mol. The van der Waals surface area contributed by atoms with Crippen LogP contribution in [0.1, 0.15) is 31.3 Å². The van der Waals surface area contributed by atoms with Crippen molar-refractivity contribution in [3.8, 4) is 0 Å². The average Bonchev–Trinajstić information content (AvgIpc) is 2.42. The number of rotatable bonds is 3. The van der Waals surface area contributed by atoms with Gasteiger partial charge in [0, 0.05) is 6.20 Å². The molecule has 2 atom stereocenters. The lowest BCUT2D eigenvalue weighted by atomic mass is 9.97. The average molecular weight is 292 g/mol. The number of amides is 1. The number of carbonyl (C=O) groups excluding carboxylic acids is 2. The molecule has 1 aromatic heterocycles. The summed E-state index contributed by atoms with van der Waals surface area (Å²) in [4.78, 5) is 29.7. The van der Waals surface area contributed by atoms with Crippen molar-refractivity contribution in [2.45, 2.75) is 38.5 Å². The molecule has 0 aromatic carbocycles. The topological polar surface area (TPSA) is 68.7 Å². The minimum Gasteiger partial charge on any atom is -0.467 e. The summed E-state index contributed by atoms with van der Waals surface area (Å²) in [6.07, 6.45) is 1.19. The maximum Gasteiger partial charge on any atom is 0.331 e. The number of pyridine rings is 1. The Bertz CT molecular complexity index is 524. The first-order valence-corrected chi connectivity index (χ1v) is 6.81. The van der Waals surface area contributed by atoms with Gasteiger partial charge in [-0.15, -0.1) is 0 Å². The molecule has 0 aliphatic carbocycles. The van der Waals surface area contributed by atoms with Crippen LogP contribution in [0.25, 0.3) is 0 Å². The maximum absolute atomic E-state index is 12.4. The minimum absolute atomic E-state index is 0.292. The van der Waals surface area contributed by atoms with Crippen molar-refractivity contribution < 1.29 is 19.1 Å². The van der Waals surface area contributed by atoms with Crippen LogP contribution in [0, 0.1) is 0 Å². The fraction of sp³-hybridized carbons (Fsp3) is 0.533. The lowest BCUT2D eigenvalue weighted by Gasteiger charge is -2.47. The lowest BCUT2D eigenvalue weighted by molar-refractivity contribution is -0.179. The van der Waals surface area contributed by atoms with Gasteiger partial charge in [0.25, 0.3) is 5.91 Å². The van der Waals surface area contributed by atoms with Crippen molar-refractivity contribution >= 4 is 11.9 Å². The summed E-state index contributed by atoms with van der Waals surface area (Å²) in [5.41, 5.74) is -0.0857. The Morgan fingerprint density at radius 2 is 2.05 bits per heavy atom. The number of esters is 1. The number of ether oxygens (including phenoxy) is 2. The van der Waals surface area contributed by atoms with Crippen LogP contribution in [-0.2, 0) is 14.3 Å². The number of hydrogen-bond donors (Lipinski definition) is 0. The number of likely N-dealkylation sites (tertiary alicyclic amines) is 1. The van der Waals surface area contributed by atoms with Gasteiger partial charge in [-0.05, 0) is 32.9 Å². The molecule has 1 aromatic rings. The highest BCUT2D eigenvalue weighted by molar-refractivity contribution is 5.96. The van der Waals surface area contributed by atoms with E-state index in [4.69, 9.17) is 9.47 Å². The van der Waals surface area contributed by atoms with Crippen molar-refractivity contribution in [3.05, 3.63) is 30.1 Å². The molecule has 0 unspecified atom stereocenters. The van der Waals surface area contributed by atoms with Gasteiger partial charge >= 0.3 is 5.97 Å². The Hall–Kier alpha value is -1.95. The van der Waals surface area contributed by atoms with Crippen LogP contribution in [0.3, 0.4) is 0 Å². The van der Waals surface area contributed by atoms with Gasteiger partial charge in [0.1, 0.15) is 11.8 Å². The van der Waals surface area contributed by atoms with Gasteiger partial charge in [-0.2, -0.15) is 0 Å². The molecule has 0 N–H and O–H groups in total. The molecule has 0 bridgehead atoms. The van der Waals surface area contributed by atoms with Gasteiger partial charge in [-0.3, -0.25) is 9.78 Å². The molecular weight excluding hydrogens is 272 g/mol. The third-order valence-electron chi connectivity index (χ3n) is 3.16. The number of nitrogens with zero attached hydrogens (tertiary/aromatic N) is 2. The molecule has 2 rings (SSSR count). The van der Waals surface area contributed by atoms with E-state index in [0.29, 0.717) is 12.2 Å². The zero-order chi connectivity index (χ0) is 15.6. The first-order valence-electron chi connectivity index (χ1n) is 6.81. The quantitative estimate of drug-likeness (QED) is 0.785. The van der Waals surface area contributed by atoms with Crippen molar-refractivity contribution in [2.24, 2.45) is 0 Å². The summed E-state index contributed by atoms with van der Waals surface area (Å²) in [7, 11) is 1.30. The second kappa shape index (κ2) is 5.81. The fourth-order valence-corrected chi connectivity index (χ4v) is 2.27. The molecule has 114 valence electrons. The molecule has 6 heteroatoms. The minimum atomic E-state index is -0.719. The molecular formula is C15H20N2O4. The SMILES string of the molecule is COC(=O)[C@@H]1[C@H](OC(C)(C)C)CN1C(=O)c1ccccn1. The first kappa shape index (κ1) is 15.4. The molecule has 1 saturated heterocycles. The van der Waals surface area contributed by atoms with E-state index in [1.807, 2.05) is 20.8 Å². The molecule has 0 spiro atoms. The zero-order valence-electron chi connectivity index (χ0n) is 12.7. The van der Waals surface area contributed by atoms with Crippen LogP contribution in [0.4, 0.5) is 0 Å². The number of hydrogen-bond acceptors (Lipinski definition) is 5. The van der Waals surface area contributed by atoms with Gasteiger partial charge in [0.05, 0.1) is 19.3 Å². The second-order valence-electron chi connectivity index (χ2n) is 5.91. The molecule has 0 saturated carbocycles. The van der Waals surface area contributed by atoms with Crippen LogP contribution in [-0.4, -0.2) is 53.2 Å². The molecule has 1 amide bonds. The van der Waals surface area contributed by atoms with Crippen LogP contribution in [0.5, 0.6) is 0 Å². The normalized spacial score (nSPS) is 21.6. The van der Waals surface area contributed by atoms with Crippen molar-refractivity contribution in [1.29, 1.82) is 0 Å². The standard InChI is InChI=1S/C15H20N2O4/c1-15(2,3)21-11-9-17(12(11)14(19)20-4)13(18)10-7-5-6-8-16-10/h5-8,11-12H,9H2,1-4H3/t11-,12+/m1/s1. The predicted octanol–water partition coefficient (Wildman–Crippen LogP) is 1.26. The summed E-state index contributed by atoms with van der Waals surface area (Å²) in [6.45, 7) is 6.08. The van der Waals surface area contributed by atoms with E-state index in [-0.39, 0.29) is 12.0 Å². The highest BCUT2D eigenvalue weighted by Crippen LogP contribution is 2.28. The lowest BCUT2D eigenvalue weighted by Crippen LogP contribution is -2.67. The fourth-order valence-electron chi connectivity index (χ4n) is 2.27. The Labute approximate surface area is 124 Å². The van der Waals surface area contributed by atoms with E-state index in [1.54, 1.807) is 24.4 Å². The molecule has 0 radical (unpaired) electrons. The van der Waals surface area contributed by atoms with E-state index >= 15 is 0 Å². The Balaban J connectivity index is 2.14. The molecule has 1 aliphatic heterocycles. The van der Waals surface area contributed by atoms with Crippen molar-refractivity contribution in [2.75, 3.05) is 13.7 Å². The van der Waals surface area contributed by atoms with Gasteiger partial charge < -0.3 is 14.4 Å². The van der Waals surface area contributed by atoms with Crippen LogP contribution >= 0.6 is 0 Å². The maximum atomic E-state index is 12.4. The van der Waals surface area contributed by atoms with E-state index < -0.39 is 17.6 Å².